The van der Waals surface area contributed by atoms with Gasteiger partial charge in [0.2, 0.25) is 0 Å². The fourth-order valence-corrected chi connectivity index (χ4v) is 0.129. The Morgan fingerprint density at radius 2 is 1.33 bits per heavy atom. The molecule has 0 bridgehead atoms. The molecular weight excluding hydrogens is 228 g/mol. The molecule has 0 aliphatic carbocycles. The Morgan fingerprint density at radius 1 is 1.11 bits per heavy atom. The van der Waals surface area contributed by atoms with E-state index in [4.69, 9.17) is 10.2 Å². The standard InChI is InChI=1S/C3H4O4.Cd.H2O/c4-2(5)1-3(6)7;;/h1H2,(H,4,5)(H,6,7);;1H2. The maximum Gasteiger partial charge on any atom is 0.314 e. The Hall–Kier alpha value is -0.178. The van der Waals surface area contributed by atoms with Gasteiger partial charge in [-0.2, -0.15) is 0 Å². The molecule has 5 nitrogen and oxygen atoms in total. The molecule has 0 saturated heterocycles. The van der Waals surface area contributed by atoms with Crippen LogP contribution in [0.2, 0.25) is 0 Å². The smallest absolute Gasteiger partial charge is 0.314 e. The Bertz CT molecular complexity index is 88.4. The summed E-state index contributed by atoms with van der Waals surface area (Å²) in [6.07, 6.45) is -0.806. The van der Waals surface area contributed by atoms with Crippen LogP contribution in [-0.4, -0.2) is 27.6 Å². The van der Waals surface area contributed by atoms with Crippen molar-refractivity contribution in [3.05, 3.63) is 0 Å². The van der Waals surface area contributed by atoms with Crippen molar-refractivity contribution < 1.29 is 52.6 Å². The summed E-state index contributed by atoms with van der Waals surface area (Å²) in [5, 5.41) is 15.4. The summed E-state index contributed by atoms with van der Waals surface area (Å²) >= 11 is 0. The molecule has 0 heterocycles. The Morgan fingerprint density at radius 3 is 1.33 bits per heavy atom. The van der Waals surface area contributed by atoms with Gasteiger partial charge in [0, 0.05) is 27.3 Å². The summed E-state index contributed by atoms with van der Waals surface area (Å²) in [6.45, 7) is 0. The molecular formula is C3H6CdO5. The molecule has 6 heteroatoms. The van der Waals surface area contributed by atoms with Gasteiger partial charge in [-0.1, -0.05) is 0 Å². The van der Waals surface area contributed by atoms with Crippen LogP contribution in [0.3, 0.4) is 0 Å². The van der Waals surface area contributed by atoms with Crippen LogP contribution in [0.5, 0.6) is 0 Å². The Labute approximate surface area is 71.1 Å². The van der Waals surface area contributed by atoms with Gasteiger partial charge in [-0.3, -0.25) is 9.59 Å². The fourth-order valence-electron chi connectivity index (χ4n) is 0.129. The average Bonchev–Trinajstić information content (AvgIpc) is 1.27. The van der Waals surface area contributed by atoms with Crippen molar-refractivity contribution in [1.82, 2.24) is 0 Å². The van der Waals surface area contributed by atoms with Crippen LogP contribution < -0.4 is 0 Å². The molecule has 0 spiro atoms. The number of rotatable bonds is 2. The van der Waals surface area contributed by atoms with Crippen molar-refractivity contribution in [3.8, 4) is 0 Å². The maximum absolute atomic E-state index is 9.43. The van der Waals surface area contributed by atoms with E-state index in [0.29, 0.717) is 0 Å². The third-order valence-electron chi connectivity index (χ3n) is 0.302. The van der Waals surface area contributed by atoms with Crippen LogP contribution in [0.4, 0.5) is 0 Å². The SMILES string of the molecule is O.O=C(O)CC(=O)O.[Cd]. The van der Waals surface area contributed by atoms with Gasteiger partial charge >= 0.3 is 11.9 Å². The number of aliphatic carboxylic acids is 2. The first-order valence-corrected chi connectivity index (χ1v) is 1.56. The first-order valence-electron chi connectivity index (χ1n) is 1.56. The van der Waals surface area contributed by atoms with Crippen LogP contribution in [-0.2, 0) is 36.9 Å². The molecule has 0 aliphatic rings. The van der Waals surface area contributed by atoms with Crippen molar-refractivity contribution in [1.29, 1.82) is 0 Å². The van der Waals surface area contributed by atoms with Gasteiger partial charge < -0.3 is 15.7 Å². The minimum absolute atomic E-state index is 0. The summed E-state index contributed by atoms with van der Waals surface area (Å²) in [4.78, 5) is 18.9. The minimum Gasteiger partial charge on any atom is -0.481 e. The summed E-state index contributed by atoms with van der Waals surface area (Å²) in [7, 11) is 0. The van der Waals surface area contributed by atoms with Crippen molar-refractivity contribution in [3.63, 3.8) is 0 Å². The summed E-state index contributed by atoms with van der Waals surface area (Å²) in [5.74, 6) is -2.62. The van der Waals surface area contributed by atoms with Gasteiger partial charge in [-0.15, -0.1) is 0 Å². The van der Waals surface area contributed by atoms with Crippen LogP contribution >= 0.6 is 0 Å². The number of hydrogen-bond donors (Lipinski definition) is 2. The molecule has 50 valence electrons. The Kier molecular flexibility index (Phi) is 13.8. The molecule has 0 aromatic heterocycles. The topological polar surface area (TPSA) is 106 Å². The molecule has 0 aromatic rings. The third kappa shape index (κ3) is 18.2. The molecule has 0 amide bonds. The van der Waals surface area contributed by atoms with Crippen molar-refractivity contribution in [2.45, 2.75) is 6.42 Å². The maximum atomic E-state index is 9.43. The number of carboxylic acids is 2. The van der Waals surface area contributed by atoms with Gasteiger partial charge in [0.25, 0.3) is 0 Å². The number of hydrogen-bond acceptors (Lipinski definition) is 2. The quantitative estimate of drug-likeness (QED) is 0.458. The van der Waals surface area contributed by atoms with Crippen LogP contribution in [0, 0.1) is 0 Å². The van der Waals surface area contributed by atoms with E-state index in [1.807, 2.05) is 0 Å². The molecule has 4 N–H and O–H groups in total. The molecule has 0 saturated carbocycles. The molecule has 0 unspecified atom stereocenters. The van der Waals surface area contributed by atoms with Gasteiger partial charge in [0.05, 0.1) is 0 Å². The zero-order valence-electron chi connectivity index (χ0n) is 4.63. The van der Waals surface area contributed by atoms with Crippen LogP contribution in [0.1, 0.15) is 6.42 Å². The second-order valence-electron chi connectivity index (χ2n) is 0.964. The second-order valence-corrected chi connectivity index (χ2v) is 0.964. The normalized spacial score (nSPS) is 6.22. The monoisotopic (exact) mass is 236 g/mol. The number of carboxylic acid groups (broad SMARTS) is 2. The molecule has 0 fully saturated rings. The largest absolute Gasteiger partial charge is 0.481 e. The average molecular weight is 234 g/mol. The van der Waals surface area contributed by atoms with E-state index < -0.39 is 18.4 Å². The van der Waals surface area contributed by atoms with Crippen molar-refractivity contribution >= 4 is 11.9 Å². The predicted molar refractivity (Wildman–Crippen MR) is 23.5 cm³/mol. The van der Waals surface area contributed by atoms with Gasteiger partial charge in [-0.05, 0) is 0 Å². The van der Waals surface area contributed by atoms with Gasteiger partial charge in [-0.25, -0.2) is 0 Å². The zero-order valence-corrected chi connectivity index (χ0v) is 8.66. The minimum atomic E-state index is -1.31. The van der Waals surface area contributed by atoms with Crippen LogP contribution in [0.15, 0.2) is 0 Å². The van der Waals surface area contributed by atoms with E-state index in [-0.39, 0.29) is 32.8 Å². The molecule has 0 rings (SSSR count). The van der Waals surface area contributed by atoms with E-state index in [9.17, 15) is 9.59 Å². The van der Waals surface area contributed by atoms with E-state index in [1.165, 1.54) is 0 Å². The Balaban J connectivity index is -0.000000180. The first-order chi connectivity index (χ1) is 3.13. The van der Waals surface area contributed by atoms with Crippen molar-refractivity contribution in [2.24, 2.45) is 0 Å². The zero-order chi connectivity index (χ0) is 5.86. The molecule has 0 radical (unpaired) electrons. The molecule has 0 atom stereocenters. The van der Waals surface area contributed by atoms with E-state index in [0.717, 1.165) is 0 Å². The van der Waals surface area contributed by atoms with Gasteiger partial charge in [0.15, 0.2) is 0 Å². The molecule has 0 aromatic carbocycles. The number of carbonyl (C=O) groups is 2. The van der Waals surface area contributed by atoms with E-state index in [2.05, 4.69) is 0 Å². The van der Waals surface area contributed by atoms with E-state index in [1.54, 1.807) is 0 Å². The van der Waals surface area contributed by atoms with Crippen molar-refractivity contribution in [2.75, 3.05) is 0 Å². The predicted octanol–water partition coefficient (Wildman–Crippen LogP) is -1.28. The summed E-state index contributed by atoms with van der Waals surface area (Å²) in [6, 6.07) is 0. The summed E-state index contributed by atoms with van der Waals surface area (Å²) < 4.78 is 0. The fraction of sp³-hybridized carbons (Fsp3) is 0.333. The first kappa shape index (κ1) is 15.9. The molecule has 9 heavy (non-hydrogen) atoms. The van der Waals surface area contributed by atoms with Gasteiger partial charge in [0.1, 0.15) is 6.42 Å². The third-order valence-corrected chi connectivity index (χ3v) is 0.302. The second kappa shape index (κ2) is 7.82. The summed E-state index contributed by atoms with van der Waals surface area (Å²) in [5.41, 5.74) is 0. The molecule has 0 aliphatic heterocycles. The van der Waals surface area contributed by atoms with Crippen LogP contribution in [0.25, 0.3) is 0 Å². The van der Waals surface area contributed by atoms with E-state index >= 15 is 0 Å².